The quantitative estimate of drug-likeness (QED) is 0.212. The molecule has 3 aromatic rings. The van der Waals surface area contributed by atoms with Crippen LogP contribution in [0.25, 0.3) is 22.0 Å². The molecule has 15 nitrogen and oxygen atoms in total. The number of methoxy groups -OCH3 is 1. The van der Waals surface area contributed by atoms with E-state index in [9.17, 15) is 40.8 Å². The number of sulfonamides is 1. The summed E-state index contributed by atoms with van der Waals surface area (Å²) in [7, 11) is -2.47. The van der Waals surface area contributed by atoms with Crippen LogP contribution >= 0.6 is 0 Å². The number of aromatic nitrogens is 1. The summed E-state index contributed by atoms with van der Waals surface area (Å²) in [5, 5.41) is 5.98. The predicted molar refractivity (Wildman–Crippen MR) is 219 cm³/mol. The number of pyridine rings is 1. The number of hydrogen-bond acceptors (Lipinski definition) is 11. The zero-order chi connectivity index (χ0) is 44.6. The molecule has 0 bridgehead atoms. The molecule has 62 heavy (non-hydrogen) atoms. The van der Waals surface area contributed by atoms with Gasteiger partial charge in [0.2, 0.25) is 27.7 Å². The molecule has 3 heterocycles. The summed E-state index contributed by atoms with van der Waals surface area (Å²) in [6.07, 6.45) is 0.877. The average Bonchev–Trinajstić information content (AvgIpc) is 4.12. The highest BCUT2D eigenvalue weighted by Crippen LogP contribution is 2.46. The number of rotatable bonds is 9. The molecule has 2 saturated carbocycles. The second kappa shape index (κ2) is 17.3. The largest absolute Gasteiger partial charge is 0.573 e. The summed E-state index contributed by atoms with van der Waals surface area (Å²) in [6.45, 7) is 4.91. The predicted octanol–water partition coefficient (Wildman–Crippen LogP) is 6.05. The Balaban J connectivity index is 1.23. The summed E-state index contributed by atoms with van der Waals surface area (Å²) in [6, 6.07) is 9.63. The van der Waals surface area contributed by atoms with Crippen LogP contribution in [0, 0.1) is 5.92 Å². The van der Waals surface area contributed by atoms with E-state index in [0.717, 1.165) is 18.6 Å². The monoisotopic (exact) mass is 885 g/mol. The molecule has 19 heteroatoms. The normalized spacial score (nSPS) is 25.2. The first-order valence-electron chi connectivity index (χ1n) is 20.6. The summed E-state index contributed by atoms with van der Waals surface area (Å²) in [5.74, 6) is -2.50. The Morgan fingerprint density at radius 2 is 1.69 bits per heavy atom. The van der Waals surface area contributed by atoms with Gasteiger partial charge < -0.3 is 34.5 Å². The van der Waals surface area contributed by atoms with Crippen molar-refractivity contribution >= 4 is 44.6 Å². The minimum atomic E-state index is -4.88. The minimum Gasteiger partial charge on any atom is -0.497 e. The summed E-state index contributed by atoms with van der Waals surface area (Å²) >= 11 is 0. The van der Waals surface area contributed by atoms with Crippen molar-refractivity contribution in [2.45, 2.75) is 119 Å². The fourth-order valence-corrected chi connectivity index (χ4v) is 9.22. The highest BCUT2D eigenvalue weighted by molar-refractivity contribution is 7.91. The second-order valence-corrected chi connectivity index (χ2v) is 19.1. The first kappa shape index (κ1) is 44.5. The van der Waals surface area contributed by atoms with Crippen molar-refractivity contribution in [1.29, 1.82) is 0 Å². The molecule has 7 rings (SSSR count). The molecule has 1 unspecified atom stereocenters. The average molecular weight is 886 g/mol. The van der Waals surface area contributed by atoms with E-state index in [1.807, 2.05) is 12.2 Å². The molecule has 334 valence electrons. The molecule has 0 radical (unpaired) electrons. The fourth-order valence-electron chi connectivity index (χ4n) is 7.85. The van der Waals surface area contributed by atoms with Gasteiger partial charge in [-0.1, -0.05) is 25.0 Å². The zero-order valence-electron chi connectivity index (χ0n) is 34.8. The Kier molecular flexibility index (Phi) is 12.4. The van der Waals surface area contributed by atoms with E-state index in [4.69, 9.17) is 19.2 Å². The first-order valence-corrected chi connectivity index (χ1v) is 22.1. The van der Waals surface area contributed by atoms with Gasteiger partial charge in [0.25, 0.3) is 5.91 Å². The van der Waals surface area contributed by atoms with E-state index in [1.165, 1.54) is 24.1 Å². The lowest BCUT2D eigenvalue weighted by Crippen LogP contribution is -2.58. The molecule has 1 aromatic heterocycles. The molecule has 2 aromatic carbocycles. The van der Waals surface area contributed by atoms with Crippen molar-refractivity contribution in [3.8, 4) is 28.6 Å². The van der Waals surface area contributed by atoms with Crippen molar-refractivity contribution in [1.82, 2.24) is 25.2 Å². The van der Waals surface area contributed by atoms with Gasteiger partial charge >= 0.3 is 12.5 Å². The third-order valence-electron chi connectivity index (χ3n) is 11.2. The lowest BCUT2D eigenvalue weighted by molar-refractivity contribution is -0.274. The Labute approximate surface area is 357 Å². The molecule has 3 fully saturated rings. The third kappa shape index (κ3) is 10.5. The number of ether oxygens (including phenoxy) is 4. The van der Waals surface area contributed by atoms with Crippen LogP contribution in [-0.2, 0) is 29.1 Å². The maximum absolute atomic E-state index is 14.7. The minimum absolute atomic E-state index is 0.0910. The van der Waals surface area contributed by atoms with Gasteiger partial charge in [-0.3, -0.25) is 19.1 Å². The molecule has 4 amide bonds. The van der Waals surface area contributed by atoms with Crippen LogP contribution in [0.4, 0.5) is 18.0 Å². The summed E-state index contributed by atoms with van der Waals surface area (Å²) in [5.41, 5.74) is -1.71. The van der Waals surface area contributed by atoms with Gasteiger partial charge in [0.15, 0.2) is 0 Å². The highest BCUT2D eigenvalue weighted by Gasteiger charge is 2.62. The van der Waals surface area contributed by atoms with Crippen LogP contribution in [0.15, 0.2) is 60.7 Å². The van der Waals surface area contributed by atoms with Gasteiger partial charge in [0.05, 0.1) is 24.6 Å². The fraction of sp³-hybridized carbons (Fsp3) is 0.512. The zero-order valence-corrected chi connectivity index (χ0v) is 35.6. The molecule has 4 aliphatic rings. The maximum Gasteiger partial charge on any atom is 0.573 e. The number of alkyl carbamates (subject to hydrolysis) is 1. The number of benzene rings is 2. The van der Waals surface area contributed by atoms with Crippen LogP contribution < -0.4 is 29.6 Å². The molecule has 1 saturated heterocycles. The number of amides is 4. The molecular formula is C43H50F3N5O10S. The van der Waals surface area contributed by atoms with E-state index in [1.54, 1.807) is 45.0 Å². The molecule has 5 atom stereocenters. The molecule has 3 N–H and O–H groups in total. The van der Waals surface area contributed by atoms with Crippen molar-refractivity contribution < 1.29 is 59.7 Å². The Hall–Kier alpha value is -5.59. The van der Waals surface area contributed by atoms with Crippen LogP contribution in [-0.4, -0.2) is 96.7 Å². The van der Waals surface area contributed by atoms with Gasteiger partial charge in [-0.05, 0) is 113 Å². The number of carbonyl (C=O) groups is 4. The number of allylic oxidation sites excluding steroid dienone is 1. The number of nitrogens with zero attached hydrogens (tertiary/aromatic N) is 2. The van der Waals surface area contributed by atoms with Gasteiger partial charge in [0, 0.05) is 23.3 Å². The number of nitrogens with one attached hydrogen (secondary N) is 3. The maximum atomic E-state index is 14.7. The van der Waals surface area contributed by atoms with Gasteiger partial charge in [-0.25, -0.2) is 18.2 Å². The van der Waals surface area contributed by atoms with Crippen molar-refractivity contribution in [3.63, 3.8) is 0 Å². The third-order valence-corrected chi connectivity index (χ3v) is 13.0. The van der Waals surface area contributed by atoms with Crippen LogP contribution in [0.1, 0.15) is 78.6 Å². The lowest BCUT2D eigenvalue weighted by atomic mass is 10.0. The summed E-state index contributed by atoms with van der Waals surface area (Å²) in [4.78, 5) is 62.2. The van der Waals surface area contributed by atoms with Gasteiger partial charge in [-0.15, -0.1) is 13.2 Å². The highest BCUT2D eigenvalue weighted by atomic mass is 32.2. The second-order valence-electron chi connectivity index (χ2n) is 17.2. The lowest BCUT2D eigenvalue weighted by Gasteiger charge is -2.30. The molecule has 0 spiro atoms. The Morgan fingerprint density at radius 3 is 2.37 bits per heavy atom. The van der Waals surface area contributed by atoms with E-state index in [-0.39, 0.29) is 31.7 Å². The number of halogens is 3. The first-order chi connectivity index (χ1) is 29.2. The topological polar surface area (TPSA) is 192 Å². The van der Waals surface area contributed by atoms with Gasteiger partial charge in [-0.2, -0.15) is 0 Å². The Morgan fingerprint density at radius 1 is 0.968 bits per heavy atom. The van der Waals surface area contributed by atoms with E-state index < -0.39 is 86.4 Å². The van der Waals surface area contributed by atoms with Crippen LogP contribution in [0.5, 0.6) is 17.4 Å². The number of fused-ring (bicyclic) bond motifs is 3. The summed E-state index contributed by atoms with van der Waals surface area (Å²) < 4.78 is 88.3. The smallest absolute Gasteiger partial charge is 0.497 e. The Bertz CT molecular complexity index is 2350. The standard InChI is InChI=1S/C43H50F3N5O10S/c1-41(2,3)61-40(55)48-33-11-9-7-5-6-8-10-27-23-42(27,39(54)50-62(56,57)31-17-18-31)49-36(52)35-22-30(24-51(35)38(33)53)59-37-32-19-16-29(58-4)20-26(32)21-34(47-37)25-12-14-28(15-13-25)60-43(44,45)46/h8,10,12-16,19-21,27,30-31,33,35H,5-7,9,11,17-18,22-24H2,1-4H3,(H,48,55)(H,49,52)(H,50,54)/b10-8-/t27-,30?,33+,35+,42-/m1/s1. The SMILES string of the molecule is COc1ccc2c(OC3C[C@H]4C(=O)N[C@]5(C(=O)NS(=O)(=O)C6CC6)C[C@H]5/C=C\CCCCC[C@H](NC(=O)OC(C)(C)C)C(=O)N4C3)nc(-c3ccc(OC(F)(F)F)cc3)cc2c1. The number of carbonyl (C=O) groups excluding carboxylic acids is 4. The molecule has 2 aliphatic carbocycles. The molecule has 2 aliphatic heterocycles. The molecular weight excluding hydrogens is 836 g/mol. The number of hydrogen-bond donors (Lipinski definition) is 3. The van der Waals surface area contributed by atoms with E-state index >= 15 is 0 Å². The number of alkyl halides is 3. The van der Waals surface area contributed by atoms with Crippen molar-refractivity contribution in [2.24, 2.45) is 5.92 Å². The van der Waals surface area contributed by atoms with E-state index in [2.05, 4.69) is 20.1 Å². The van der Waals surface area contributed by atoms with Crippen LogP contribution in [0.3, 0.4) is 0 Å². The van der Waals surface area contributed by atoms with Crippen molar-refractivity contribution in [3.05, 3.63) is 60.7 Å². The van der Waals surface area contributed by atoms with Gasteiger partial charge in [0.1, 0.15) is 40.8 Å². The van der Waals surface area contributed by atoms with Crippen molar-refractivity contribution in [2.75, 3.05) is 13.7 Å². The van der Waals surface area contributed by atoms with E-state index in [0.29, 0.717) is 59.9 Å². The van der Waals surface area contributed by atoms with Crippen LogP contribution in [0.2, 0.25) is 0 Å².